The molecule has 0 heterocycles. The molecule has 5 nitrogen and oxygen atoms in total. The number of nitro groups is 1. The molecule has 0 unspecified atom stereocenters. The van der Waals surface area contributed by atoms with Gasteiger partial charge in [-0.05, 0) is 29.8 Å². The number of benzene rings is 2. The Morgan fingerprint density at radius 2 is 1.88 bits per heavy atom. The molecule has 0 fully saturated rings. The molecule has 2 aromatic rings. The molecule has 1 amide bonds. The number of rotatable bonds is 4. The lowest BCUT2D eigenvalue weighted by Gasteiger charge is -2.09. The summed E-state index contributed by atoms with van der Waals surface area (Å²) in [6.07, 6.45) is -2.73. The van der Waals surface area contributed by atoms with Crippen LogP contribution in [0.3, 0.4) is 0 Å². The molecule has 136 valence electrons. The van der Waals surface area contributed by atoms with Gasteiger partial charge in [0.15, 0.2) is 0 Å². The van der Waals surface area contributed by atoms with Crippen LogP contribution < -0.4 is 5.32 Å². The summed E-state index contributed by atoms with van der Waals surface area (Å²) in [5.74, 6) is -1.78. The van der Waals surface area contributed by atoms with Crippen molar-refractivity contribution in [1.82, 2.24) is 0 Å². The van der Waals surface area contributed by atoms with E-state index >= 15 is 0 Å². The molecular weight excluding hydrogens is 380 g/mol. The second-order valence-electron chi connectivity index (χ2n) is 4.98. The van der Waals surface area contributed by atoms with Gasteiger partial charge in [0, 0.05) is 18.2 Å². The quantitative estimate of drug-likeness (QED) is 0.344. The van der Waals surface area contributed by atoms with Crippen molar-refractivity contribution in [2.45, 2.75) is 6.18 Å². The highest BCUT2D eigenvalue weighted by atomic mass is 35.5. The minimum atomic E-state index is -4.66. The van der Waals surface area contributed by atoms with Gasteiger partial charge in [0.2, 0.25) is 5.91 Å². The summed E-state index contributed by atoms with van der Waals surface area (Å²) in [5.41, 5.74) is -1.89. The number of non-ortho nitro benzene ring substituents is 1. The van der Waals surface area contributed by atoms with Crippen LogP contribution in [0, 0.1) is 15.9 Å². The van der Waals surface area contributed by atoms with Gasteiger partial charge in [0.25, 0.3) is 5.69 Å². The third kappa shape index (κ3) is 4.79. The molecule has 10 heteroatoms. The molecule has 1 N–H and O–H groups in total. The van der Waals surface area contributed by atoms with E-state index in [0.717, 1.165) is 42.5 Å². The van der Waals surface area contributed by atoms with Crippen molar-refractivity contribution in [2.24, 2.45) is 0 Å². The molecular formula is C16H9ClF4N2O3. The molecule has 0 saturated heterocycles. The summed E-state index contributed by atoms with van der Waals surface area (Å²) in [6.45, 7) is 0. The number of halogens is 5. The van der Waals surface area contributed by atoms with E-state index in [1.165, 1.54) is 6.07 Å². The average molecular weight is 389 g/mol. The van der Waals surface area contributed by atoms with E-state index in [-0.39, 0.29) is 5.56 Å². The molecule has 0 aromatic heterocycles. The van der Waals surface area contributed by atoms with Gasteiger partial charge in [-0.15, -0.1) is 0 Å². The normalized spacial score (nSPS) is 11.6. The number of carbonyl (C=O) groups is 1. The molecule has 0 aliphatic carbocycles. The fraction of sp³-hybridized carbons (Fsp3) is 0.0625. The molecule has 26 heavy (non-hydrogen) atoms. The summed E-state index contributed by atoms with van der Waals surface area (Å²) < 4.78 is 51.9. The number of alkyl halides is 3. The summed E-state index contributed by atoms with van der Waals surface area (Å²) in [4.78, 5) is 21.7. The number of carbonyl (C=O) groups excluding carboxylic acids is 1. The first-order valence-corrected chi connectivity index (χ1v) is 7.25. The summed E-state index contributed by atoms with van der Waals surface area (Å²) in [5, 5.41) is 12.2. The van der Waals surface area contributed by atoms with Crippen LogP contribution in [0.2, 0.25) is 5.02 Å². The highest BCUT2D eigenvalue weighted by molar-refractivity contribution is 6.31. The minimum Gasteiger partial charge on any atom is -0.320 e. The number of nitro benzene ring substituents is 1. The van der Waals surface area contributed by atoms with Crippen LogP contribution in [-0.4, -0.2) is 10.8 Å². The lowest BCUT2D eigenvalue weighted by atomic mass is 10.1. The lowest BCUT2D eigenvalue weighted by Crippen LogP contribution is -2.09. The van der Waals surface area contributed by atoms with Crippen molar-refractivity contribution in [2.75, 3.05) is 5.32 Å². The predicted octanol–water partition coefficient (Wildman–Crippen LogP) is 5.06. The fourth-order valence-corrected chi connectivity index (χ4v) is 2.16. The van der Waals surface area contributed by atoms with Crippen molar-refractivity contribution in [1.29, 1.82) is 0 Å². The molecule has 0 spiro atoms. The number of hydrogen-bond donors (Lipinski definition) is 1. The second kappa shape index (κ2) is 7.52. The highest BCUT2D eigenvalue weighted by Crippen LogP contribution is 2.35. The Morgan fingerprint density at radius 1 is 1.19 bits per heavy atom. The molecule has 2 rings (SSSR count). The van der Waals surface area contributed by atoms with Crippen molar-refractivity contribution >= 4 is 35.0 Å². The van der Waals surface area contributed by atoms with E-state index in [9.17, 15) is 32.5 Å². The Bertz CT molecular complexity index is 898. The third-order valence-corrected chi connectivity index (χ3v) is 3.47. The molecule has 2 aromatic carbocycles. The SMILES string of the molecule is O=C(/C=C/c1ccc(Cl)c(C(F)(F)F)c1)Nc1cc([N+](=O)[O-])ccc1F. The number of anilines is 1. The summed E-state index contributed by atoms with van der Waals surface area (Å²) in [7, 11) is 0. The Kier molecular flexibility index (Phi) is 5.61. The molecule has 0 saturated carbocycles. The standard InChI is InChI=1S/C16H9ClF4N2O3/c17-12-4-1-9(7-11(12)16(19,20)21)2-6-15(24)22-14-8-10(23(25)26)3-5-13(14)18/h1-8H,(H,22,24)/b6-2+. The zero-order valence-corrected chi connectivity index (χ0v) is 13.4. The van der Waals surface area contributed by atoms with Crippen molar-refractivity contribution in [3.63, 3.8) is 0 Å². The van der Waals surface area contributed by atoms with Crippen molar-refractivity contribution in [3.8, 4) is 0 Å². The van der Waals surface area contributed by atoms with Crippen molar-refractivity contribution in [3.05, 3.63) is 74.6 Å². The Labute approximate surface area is 149 Å². The first-order valence-electron chi connectivity index (χ1n) is 6.87. The maximum Gasteiger partial charge on any atom is 0.417 e. The monoisotopic (exact) mass is 388 g/mol. The molecule has 0 bridgehead atoms. The molecule has 0 radical (unpaired) electrons. The number of nitrogens with zero attached hydrogens (tertiary/aromatic N) is 1. The van der Waals surface area contributed by atoms with E-state index in [4.69, 9.17) is 11.6 Å². The molecule has 0 aliphatic rings. The van der Waals surface area contributed by atoms with Gasteiger partial charge in [0.1, 0.15) is 5.82 Å². The average Bonchev–Trinajstić information content (AvgIpc) is 2.54. The number of amides is 1. The largest absolute Gasteiger partial charge is 0.417 e. The van der Waals surface area contributed by atoms with Gasteiger partial charge in [-0.1, -0.05) is 17.7 Å². The van der Waals surface area contributed by atoms with Gasteiger partial charge in [-0.3, -0.25) is 14.9 Å². The Balaban J connectivity index is 2.18. The van der Waals surface area contributed by atoms with E-state index in [0.29, 0.717) is 0 Å². The molecule has 0 atom stereocenters. The second-order valence-corrected chi connectivity index (χ2v) is 5.39. The van der Waals surface area contributed by atoms with Crippen LogP contribution in [0.5, 0.6) is 0 Å². The van der Waals surface area contributed by atoms with Crippen molar-refractivity contribution < 1.29 is 27.3 Å². The zero-order chi connectivity index (χ0) is 19.5. The maximum absolute atomic E-state index is 13.6. The third-order valence-electron chi connectivity index (χ3n) is 3.14. The van der Waals surface area contributed by atoms with Crippen LogP contribution in [0.15, 0.2) is 42.5 Å². The fourth-order valence-electron chi connectivity index (χ4n) is 1.93. The van der Waals surface area contributed by atoms with Gasteiger partial charge in [0.05, 0.1) is 21.2 Å². The van der Waals surface area contributed by atoms with Crippen LogP contribution in [0.4, 0.5) is 28.9 Å². The minimum absolute atomic E-state index is 0.0383. The number of nitrogens with one attached hydrogen (secondary N) is 1. The first-order chi connectivity index (χ1) is 12.1. The first kappa shape index (κ1) is 19.4. The maximum atomic E-state index is 13.6. The van der Waals surface area contributed by atoms with Gasteiger partial charge >= 0.3 is 6.18 Å². The summed E-state index contributed by atoms with van der Waals surface area (Å²) >= 11 is 5.49. The van der Waals surface area contributed by atoms with E-state index < -0.39 is 44.8 Å². The van der Waals surface area contributed by atoms with Crippen LogP contribution >= 0.6 is 11.6 Å². The Morgan fingerprint density at radius 3 is 2.50 bits per heavy atom. The summed E-state index contributed by atoms with van der Waals surface area (Å²) in [6, 6.07) is 5.60. The van der Waals surface area contributed by atoms with E-state index in [1.54, 1.807) is 0 Å². The van der Waals surface area contributed by atoms with Crippen LogP contribution in [-0.2, 0) is 11.0 Å². The topological polar surface area (TPSA) is 72.2 Å². The zero-order valence-electron chi connectivity index (χ0n) is 12.7. The van der Waals surface area contributed by atoms with Gasteiger partial charge < -0.3 is 5.32 Å². The van der Waals surface area contributed by atoms with Crippen LogP contribution in [0.25, 0.3) is 6.08 Å². The number of hydrogen-bond acceptors (Lipinski definition) is 3. The lowest BCUT2D eigenvalue weighted by molar-refractivity contribution is -0.384. The van der Waals surface area contributed by atoms with E-state index in [2.05, 4.69) is 5.32 Å². The predicted molar refractivity (Wildman–Crippen MR) is 87.2 cm³/mol. The van der Waals surface area contributed by atoms with Crippen LogP contribution in [0.1, 0.15) is 11.1 Å². The van der Waals surface area contributed by atoms with E-state index in [1.807, 2.05) is 0 Å². The molecule has 0 aliphatic heterocycles. The smallest absolute Gasteiger partial charge is 0.320 e. The highest BCUT2D eigenvalue weighted by Gasteiger charge is 2.33. The van der Waals surface area contributed by atoms with Gasteiger partial charge in [-0.2, -0.15) is 13.2 Å². The Hall–Kier alpha value is -2.94. The van der Waals surface area contributed by atoms with Gasteiger partial charge in [-0.25, -0.2) is 4.39 Å².